The third-order valence-corrected chi connectivity index (χ3v) is 1.44. The zero-order valence-corrected chi connectivity index (χ0v) is 6.26. The molecule has 1 rings (SSSR count). The van der Waals surface area contributed by atoms with Gasteiger partial charge < -0.3 is 5.11 Å². The van der Waals surface area contributed by atoms with Gasteiger partial charge in [-0.05, 0) is 0 Å². The molecule has 0 aliphatic carbocycles. The number of phenols is 1. The van der Waals surface area contributed by atoms with Crippen molar-refractivity contribution in [3.63, 3.8) is 0 Å². The molecule has 1 heteroatoms. The Morgan fingerprint density at radius 1 is 1.10 bits per heavy atom. The summed E-state index contributed by atoms with van der Waals surface area (Å²) in [5.74, 6) is 1.59. The van der Waals surface area contributed by atoms with Gasteiger partial charge in [0, 0.05) is 0 Å². The Labute approximate surface area is 61.3 Å². The second-order valence-electron chi connectivity index (χ2n) is 2.55. The summed E-state index contributed by atoms with van der Waals surface area (Å²) < 4.78 is 0. The Kier molecular flexibility index (Phi) is 1.86. The van der Waals surface area contributed by atoms with Crippen molar-refractivity contribution in [2.24, 2.45) is 0 Å². The second-order valence-corrected chi connectivity index (χ2v) is 2.55. The van der Waals surface area contributed by atoms with E-state index in [1.165, 1.54) is 11.5 Å². The molecular formula is C9H11O-. The van der Waals surface area contributed by atoms with Crippen molar-refractivity contribution in [3.8, 4) is 5.75 Å². The second kappa shape index (κ2) is 2.65. The SMILES string of the molecule is C[C-](C)c1ccc(O)cc1. The summed E-state index contributed by atoms with van der Waals surface area (Å²) in [6, 6.07) is 7.21. The number of hydrogen-bond acceptors (Lipinski definition) is 1. The zero-order chi connectivity index (χ0) is 7.56. The largest absolute Gasteiger partial charge is 0.510 e. The molecule has 1 N–H and O–H groups in total. The van der Waals surface area contributed by atoms with Crippen molar-refractivity contribution in [1.29, 1.82) is 0 Å². The topological polar surface area (TPSA) is 20.2 Å². The third-order valence-electron chi connectivity index (χ3n) is 1.44. The zero-order valence-electron chi connectivity index (χ0n) is 6.26. The molecule has 0 spiro atoms. The lowest BCUT2D eigenvalue weighted by Crippen LogP contribution is -1.85. The lowest BCUT2D eigenvalue weighted by atomic mass is 10.0. The molecule has 0 aliphatic rings. The molecule has 1 nitrogen and oxygen atoms in total. The molecular weight excluding hydrogens is 124 g/mol. The smallest absolute Gasteiger partial charge is 0.0910 e. The molecule has 0 fully saturated rings. The number of phenolic OH excluding ortho intramolecular Hbond substituents is 1. The first kappa shape index (κ1) is 7.00. The van der Waals surface area contributed by atoms with E-state index in [-0.39, 0.29) is 0 Å². The summed E-state index contributed by atoms with van der Waals surface area (Å²) in [6.07, 6.45) is 0. The highest BCUT2D eigenvalue weighted by molar-refractivity contribution is 5.33. The highest BCUT2D eigenvalue weighted by atomic mass is 16.3. The summed E-state index contributed by atoms with van der Waals surface area (Å²) in [7, 11) is 0. The molecule has 0 saturated carbocycles. The van der Waals surface area contributed by atoms with Crippen LogP contribution in [0.5, 0.6) is 5.75 Å². The standard InChI is InChI=1S/C9H11O/c1-7(2)8-3-5-9(10)6-4-8/h3-6,10H,1-2H3/q-1. The molecule has 1 aromatic rings. The summed E-state index contributed by atoms with van der Waals surface area (Å²) >= 11 is 0. The number of hydrogen-bond donors (Lipinski definition) is 1. The number of rotatable bonds is 1. The van der Waals surface area contributed by atoms with Crippen LogP contribution in [0.1, 0.15) is 19.4 Å². The maximum absolute atomic E-state index is 8.93. The van der Waals surface area contributed by atoms with Crippen LogP contribution in [0.4, 0.5) is 0 Å². The molecule has 0 bridgehead atoms. The van der Waals surface area contributed by atoms with Crippen molar-refractivity contribution in [1.82, 2.24) is 0 Å². The molecule has 0 heterocycles. The van der Waals surface area contributed by atoms with Gasteiger partial charge in [0.25, 0.3) is 0 Å². The Morgan fingerprint density at radius 3 is 2.00 bits per heavy atom. The molecule has 0 saturated heterocycles. The van der Waals surface area contributed by atoms with E-state index in [4.69, 9.17) is 5.11 Å². The van der Waals surface area contributed by atoms with Crippen LogP contribution in [-0.4, -0.2) is 5.11 Å². The predicted molar refractivity (Wildman–Crippen MR) is 41.8 cm³/mol. The molecule has 54 valence electrons. The molecule has 10 heavy (non-hydrogen) atoms. The van der Waals surface area contributed by atoms with E-state index in [0.29, 0.717) is 5.75 Å². The third kappa shape index (κ3) is 1.44. The van der Waals surface area contributed by atoms with Gasteiger partial charge in [-0.25, -0.2) is 0 Å². The minimum atomic E-state index is 0.324. The first-order valence-electron chi connectivity index (χ1n) is 3.29. The normalized spacial score (nSPS) is 9.40. The lowest BCUT2D eigenvalue weighted by Gasteiger charge is -2.13. The summed E-state index contributed by atoms with van der Waals surface area (Å²) in [5.41, 5.74) is 1.18. The van der Waals surface area contributed by atoms with Crippen LogP contribution in [0.25, 0.3) is 0 Å². The Bertz CT molecular complexity index is 198. The van der Waals surface area contributed by atoms with Crippen LogP contribution in [0.3, 0.4) is 0 Å². The monoisotopic (exact) mass is 135 g/mol. The van der Waals surface area contributed by atoms with E-state index in [9.17, 15) is 0 Å². The average molecular weight is 135 g/mol. The van der Waals surface area contributed by atoms with Crippen LogP contribution in [0, 0.1) is 5.92 Å². The lowest BCUT2D eigenvalue weighted by molar-refractivity contribution is 0.475. The highest BCUT2D eigenvalue weighted by Gasteiger charge is 1.86. The number of benzene rings is 1. The fourth-order valence-corrected chi connectivity index (χ4v) is 0.795. The highest BCUT2D eigenvalue weighted by Crippen LogP contribution is 2.16. The molecule has 0 unspecified atom stereocenters. The Balaban J connectivity index is 2.89. The molecule has 1 aromatic carbocycles. The molecule has 0 atom stereocenters. The van der Waals surface area contributed by atoms with Crippen molar-refractivity contribution in [2.45, 2.75) is 13.8 Å². The minimum Gasteiger partial charge on any atom is -0.510 e. The molecule has 0 radical (unpaired) electrons. The van der Waals surface area contributed by atoms with E-state index in [1.807, 2.05) is 26.0 Å². The molecule has 0 amide bonds. The maximum Gasteiger partial charge on any atom is 0.0910 e. The van der Waals surface area contributed by atoms with Crippen molar-refractivity contribution in [2.75, 3.05) is 0 Å². The van der Waals surface area contributed by atoms with Gasteiger partial charge in [-0.1, -0.05) is 26.0 Å². The van der Waals surface area contributed by atoms with E-state index < -0.39 is 0 Å². The van der Waals surface area contributed by atoms with Crippen LogP contribution in [0.2, 0.25) is 0 Å². The molecule has 0 aliphatic heterocycles. The van der Waals surface area contributed by atoms with E-state index >= 15 is 0 Å². The minimum absolute atomic E-state index is 0.324. The van der Waals surface area contributed by atoms with E-state index in [1.54, 1.807) is 12.1 Å². The van der Waals surface area contributed by atoms with Gasteiger partial charge in [0.2, 0.25) is 0 Å². The van der Waals surface area contributed by atoms with Gasteiger partial charge in [-0.15, -0.1) is 0 Å². The van der Waals surface area contributed by atoms with Crippen molar-refractivity contribution >= 4 is 0 Å². The number of aromatic hydroxyl groups is 1. The first-order chi connectivity index (χ1) is 4.70. The van der Waals surface area contributed by atoms with Gasteiger partial charge in [0.1, 0.15) is 0 Å². The average Bonchev–Trinajstić information content (AvgIpc) is 1.88. The summed E-state index contributed by atoms with van der Waals surface area (Å²) in [6.45, 7) is 4.10. The van der Waals surface area contributed by atoms with Crippen molar-refractivity contribution < 1.29 is 5.11 Å². The quantitative estimate of drug-likeness (QED) is 0.586. The van der Waals surface area contributed by atoms with Crippen LogP contribution >= 0.6 is 0 Å². The van der Waals surface area contributed by atoms with E-state index in [2.05, 4.69) is 0 Å². The van der Waals surface area contributed by atoms with E-state index in [0.717, 1.165) is 0 Å². The van der Waals surface area contributed by atoms with Crippen LogP contribution < -0.4 is 0 Å². The maximum atomic E-state index is 8.93. The van der Waals surface area contributed by atoms with Gasteiger partial charge >= 0.3 is 0 Å². The van der Waals surface area contributed by atoms with Gasteiger partial charge in [-0.2, -0.15) is 23.6 Å². The van der Waals surface area contributed by atoms with Crippen molar-refractivity contribution in [3.05, 3.63) is 35.7 Å². The molecule has 0 aromatic heterocycles. The Hall–Kier alpha value is -1.11. The Morgan fingerprint density at radius 2 is 1.60 bits per heavy atom. The van der Waals surface area contributed by atoms with Crippen LogP contribution in [-0.2, 0) is 0 Å². The fraction of sp³-hybridized carbons (Fsp3) is 0.222. The predicted octanol–water partition coefficient (Wildman–Crippen LogP) is 2.35. The summed E-state index contributed by atoms with van der Waals surface area (Å²) in [4.78, 5) is 0. The first-order valence-corrected chi connectivity index (χ1v) is 3.29. The van der Waals surface area contributed by atoms with Gasteiger partial charge in [-0.3, -0.25) is 0 Å². The summed E-state index contributed by atoms with van der Waals surface area (Å²) in [5, 5.41) is 8.93. The van der Waals surface area contributed by atoms with Crippen LogP contribution in [0.15, 0.2) is 24.3 Å². The van der Waals surface area contributed by atoms with Gasteiger partial charge in [0.15, 0.2) is 0 Å². The fourth-order valence-electron chi connectivity index (χ4n) is 0.795. The van der Waals surface area contributed by atoms with Gasteiger partial charge in [0.05, 0.1) is 5.75 Å².